The van der Waals surface area contributed by atoms with Crippen LogP contribution in [0.25, 0.3) is 0 Å². The molecule has 0 fully saturated rings. The van der Waals surface area contributed by atoms with Crippen molar-refractivity contribution in [3.63, 3.8) is 0 Å². The Morgan fingerprint density at radius 1 is 1.06 bits per heavy atom. The van der Waals surface area contributed by atoms with Crippen LogP contribution in [0.15, 0.2) is 53.7 Å². The summed E-state index contributed by atoms with van der Waals surface area (Å²) in [7, 11) is 0. The SMILES string of the molecule is FC1Oc2cccnc2N=C1c1ccccc1. The van der Waals surface area contributed by atoms with Gasteiger partial charge in [0.05, 0.1) is 0 Å². The molecule has 1 aromatic carbocycles. The molecule has 0 saturated carbocycles. The summed E-state index contributed by atoms with van der Waals surface area (Å²) in [6.07, 6.45) is 0.0569. The Balaban J connectivity index is 2.10. The number of benzene rings is 1. The van der Waals surface area contributed by atoms with E-state index in [2.05, 4.69) is 9.98 Å². The molecule has 17 heavy (non-hydrogen) atoms. The minimum absolute atomic E-state index is 0.261. The molecule has 3 rings (SSSR count). The summed E-state index contributed by atoms with van der Waals surface area (Å²) >= 11 is 0. The quantitative estimate of drug-likeness (QED) is 0.752. The van der Waals surface area contributed by atoms with Crippen molar-refractivity contribution in [3.05, 3.63) is 54.2 Å². The molecule has 1 aliphatic rings. The predicted octanol–water partition coefficient (Wildman–Crippen LogP) is 2.89. The van der Waals surface area contributed by atoms with Gasteiger partial charge in [-0.3, -0.25) is 0 Å². The lowest BCUT2D eigenvalue weighted by Gasteiger charge is -2.19. The van der Waals surface area contributed by atoms with Crippen LogP contribution in [-0.2, 0) is 0 Å². The minimum Gasteiger partial charge on any atom is -0.450 e. The molecule has 1 unspecified atom stereocenters. The summed E-state index contributed by atoms with van der Waals surface area (Å²) < 4.78 is 19.0. The van der Waals surface area contributed by atoms with Crippen LogP contribution in [0.5, 0.6) is 5.75 Å². The van der Waals surface area contributed by atoms with E-state index in [0.29, 0.717) is 17.1 Å². The van der Waals surface area contributed by atoms with Crippen LogP contribution in [0.4, 0.5) is 10.2 Å². The first-order valence-electron chi connectivity index (χ1n) is 5.24. The van der Waals surface area contributed by atoms with Gasteiger partial charge in [-0.05, 0) is 12.1 Å². The standard InChI is InChI=1S/C13H9FN2O/c14-12-11(9-5-2-1-3-6-9)16-13-10(17-12)7-4-8-15-13/h1-8,12H. The second kappa shape index (κ2) is 3.97. The van der Waals surface area contributed by atoms with Gasteiger partial charge in [0.2, 0.25) is 0 Å². The molecule has 2 aromatic rings. The Bertz CT molecular complexity index is 569. The van der Waals surface area contributed by atoms with E-state index in [-0.39, 0.29) is 5.71 Å². The first kappa shape index (κ1) is 9.96. The van der Waals surface area contributed by atoms with Crippen molar-refractivity contribution < 1.29 is 9.13 Å². The van der Waals surface area contributed by atoms with Crippen LogP contribution in [0, 0.1) is 0 Å². The summed E-state index contributed by atoms with van der Waals surface area (Å²) in [5.41, 5.74) is 0.966. The van der Waals surface area contributed by atoms with E-state index in [1.54, 1.807) is 30.5 Å². The molecular weight excluding hydrogens is 219 g/mol. The Labute approximate surface area is 97.6 Å². The fraction of sp³-hybridized carbons (Fsp3) is 0.0769. The number of hydrogen-bond donors (Lipinski definition) is 0. The lowest BCUT2D eigenvalue weighted by atomic mass is 10.1. The molecule has 4 heteroatoms. The Hall–Kier alpha value is -2.23. The third-order valence-electron chi connectivity index (χ3n) is 2.49. The molecular formula is C13H9FN2O. The highest BCUT2D eigenvalue weighted by atomic mass is 19.1. The largest absolute Gasteiger partial charge is 0.450 e. The van der Waals surface area contributed by atoms with Gasteiger partial charge < -0.3 is 4.74 Å². The van der Waals surface area contributed by atoms with Crippen LogP contribution < -0.4 is 4.74 Å². The van der Waals surface area contributed by atoms with Crippen molar-refractivity contribution in [1.29, 1.82) is 0 Å². The number of pyridine rings is 1. The van der Waals surface area contributed by atoms with Gasteiger partial charge in [-0.1, -0.05) is 30.3 Å². The summed E-state index contributed by atoms with van der Waals surface area (Å²) in [4.78, 5) is 8.25. The number of nitrogens with zero attached hydrogens (tertiary/aromatic N) is 2. The maximum Gasteiger partial charge on any atom is 0.281 e. The molecule has 0 spiro atoms. The highest BCUT2D eigenvalue weighted by Crippen LogP contribution is 2.31. The molecule has 0 N–H and O–H groups in total. The van der Waals surface area contributed by atoms with Crippen LogP contribution in [0.3, 0.4) is 0 Å². The summed E-state index contributed by atoms with van der Waals surface area (Å²) in [6.45, 7) is 0. The first-order chi connectivity index (χ1) is 8.34. The van der Waals surface area contributed by atoms with E-state index in [4.69, 9.17) is 4.74 Å². The van der Waals surface area contributed by atoms with Gasteiger partial charge in [0.15, 0.2) is 11.6 Å². The lowest BCUT2D eigenvalue weighted by molar-refractivity contribution is 0.129. The van der Waals surface area contributed by atoms with Gasteiger partial charge in [-0.25, -0.2) is 9.98 Å². The molecule has 1 atom stereocenters. The molecule has 0 aliphatic carbocycles. The lowest BCUT2D eigenvalue weighted by Crippen LogP contribution is -2.26. The van der Waals surface area contributed by atoms with Crippen molar-refractivity contribution >= 4 is 11.5 Å². The van der Waals surface area contributed by atoms with Crippen molar-refractivity contribution in [2.24, 2.45) is 4.99 Å². The molecule has 84 valence electrons. The van der Waals surface area contributed by atoms with E-state index in [9.17, 15) is 4.39 Å². The molecule has 0 radical (unpaired) electrons. The number of fused-ring (bicyclic) bond motifs is 1. The Morgan fingerprint density at radius 2 is 1.88 bits per heavy atom. The normalized spacial score (nSPS) is 17.9. The molecule has 0 bridgehead atoms. The maximum absolute atomic E-state index is 13.8. The van der Waals surface area contributed by atoms with Gasteiger partial charge >= 0.3 is 0 Å². The maximum atomic E-state index is 13.8. The van der Waals surface area contributed by atoms with Gasteiger partial charge in [0.1, 0.15) is 5.71 Å². The minimum atomic E-state index is -1.55. The molecule has 0 saturated heterocycles. The molecule has 3 nitrogen and oxygen atoms in total. The second-order valence-corrected chi connectivity index (χ2v) is 3.62. The Kier molecular flexibility index (Phi) is 2.33. The fourth-order valence-electron chi connectivity index (χ4n) is 1.69. The molecule has 0 amide bonds. The average Bonchev–Trinajstić information content (AvgIpc) is 2.39. The number of alkyl halides is 1. The zero-order valence-corrected chi connectivity index (χ0v) is 8.88. The third kappa shape index (κ3) is 1.78. The van der Waals surface area contributed by atoms with Crippen LogP contribution in [-0.4, -0.2) is 17.1 Å². The number of hydrogen-bond acceptors (Lipinski definition) is 3. The highest BCUT2D eigenvalue weighted by Gasteiger charge is 2.25. The van der Waals surface area contributed by atoms with Gasteiger partial charge in [0.25, 0.3) is 6.36 Å². The molecule has 1 aromatic heterocycles. The van der Waals surface area contributed by atoms with Crippen molar-refractivity contribution in [2.45, 2.75) is 6.36 Å². The zero-order chi connectivity index (χ0) is 11.7. The number of rotatable bonds is 1. The smallest absolute Gasteiger partial charge is 0.281 e. The van der Waals surface area contributed by atoms with Crippen molar-refractivity contribution in [3.8, 4) is 5.75 Å². The van der Waals surface area contributed by atoms with E-state index >= 15 is 0 Å². The van der Waals surface area contributed by atoms with E-state index < -0.39 is 6.36 Å². The fourth-order valence-corrected chi connectivity index (χ4v) is 1.69. The zero-order valence-electron chi connectivity index (χ0n) is 8.88. The number of aromatic nitrogens is 1. The van der Waals surface area contributed by atoms with E-state index in [1.165, 1.54) is 0 Å². The molecule has 1 aliphatic heterocycles. The van der Waals surface area contributed by atoms with Crippen LogP contribution in [0.1, 0.15) is 5.56 Å². The topological polar surface area (TPSA) is 34.5 Å². The van der Waals surface area contributed by atoms with Crippen LogP contribution in [0.2, 0.25) is 0 Å². The van der Waals surface area contributed by atoms with Gasteiger partial charge in [-0.2, -0.15) is 4.39 Å². The molecule has 2 heterocycles. The number of halogens is 1. The number of ether oxygens (including phenoxy) is 1. The highest BCUT2D eigenvalue weighted by molar-refractivity contribution is 6.05. The van der Waals surface area contributed by atoms with Gasteiger partial charge in [0, 0.05) is 11.8 Å². The van der Waals surface area contributed by atoms with E-state index in [0.717, 1.165) is 0 Å². The summed E-state index contributed by atoms with van der Waals surface area (Å²) in [5.74, 6) is 0.792. The Morgan fingerprint density at radius 3 is 2.71 bits per heavy atom. The third-order valence-corrected chi connectivity index (χ3v) is 2.49. The van der Waals surface area contributed by atoms with Crippen molar-refractivity contribution in [1.82, 2.24) is 4.98 Å². The average molecular weight is 228 g/mol. The number of aliphatic imine (C=N–C) groups is 1. The first-order valence-corrected chi connectivity index (χ1v) is 5.24. The summed E-state index contributed by atoms with van der Waals surface area (Å²) in [6, 6.07) is 12.5. The van der Waals surface area contributed by atoms with E-state index in [1.807, 2.05) is 18.2 Å². The summed E-state index contributed by atoms with van der Waals surface area (Å²) in [5, 5.41) is 0. The van der Waals surface area contributed by atoms with Gasteiger partial charge in [-0.15, -0.1) is 0 Å². The van der Waals surface area contributed by atoms with Crippen LogP contribution >= 0.6 is 0 Å². The predicted molar refractivity (Wildman–Crippen MR) is 62.4 cm³/mol. The monoisotopic (exact) mass is 228 g/mol. The van der Waals surface area contributed by atoms with Crippen molar-refractivity contribution in [2.75, 3.05) is 0 Å². The second-order valence-electron chi connectivity index (χ2n) is 3.62.